The fourth-order valence-corrected chi connectivity index (χ4v) is 1.85. The van der Waals surface area contributed by atoms with Crippen molar-refractivity contribution in [2.24, 2.45) is 5.10 Å². The lowest BCUT2D eigenvalue weighted by molar-refractivity contribution is 0.0927. The number of nitrogens with one attached hydrogen (secondary N) is 2. The number of amides is 1. The zero-order valence-electron chi connectivity index (χ0n) is 11.0. The molecule has 2 aromatic heterocycles. The molecule has 0 fully saturated rings. The highest BCUT2D eigenvalue weighted by atomic mass is 16.3. The van der Waals surface area contributed by atoms with E-state index in [1.54, 1.807) is 18.3 Å². The van der Waals surface area contributed by atoms with Crippen molar-refractivity contribution in [3.8, 4) is 11.3 Å². The minimum atomic E-state index is -0.402. The standard InChI is InChI=1S/C15H12N4O2/c20-15(13-7-4-8-21-13)19-17-10-12-9-16-18-14(12)11-5-2-1-3-6-11/h1-10H,(H,16,18)(H,19,20)/b17-10+. The second kappa shape index (κ2) is 5.87. The third-order valence-electron chi connectivity index (χ3n) is 2.85. The van der Waals surface area contributed by atoms with Crippen LogP contribution in [-0.4, -0.2) is 22.3 Å². The van der Waals surface area contributed by atoms with E-state index in [4.69, 9.17) is 4.42 Å². The van der Waals surface area contributed by atoms with Crippen molar-refractivity contribution < 1.29 is 9.21 Å². The Kier molecular flexibility index (Phi) is 3.60. The summed E-state index contributed by atoms with van der Waals surface area (Å²) in [5.41, 5.74) is 5.01. The summed E-state index contributed by atoms with van der Waals surface area (Å²) in [5, 5.41) is 10.8. The lowest BCUT2D eigenvalue weighted by Gasteiger charge is -1.99. The van der Waals surface area contributed by atoms with Crippen LogP contribution in [0.15, 0.2) is 64.4 Å². The molecule has 0 aliphatic carbocycles. The predicted molar refractivity (Wildman–Crippen MR) is 77.8 cm³/mol. The summed E-state index contributed by atoms with van der Waals surface area (Å²) in [6.07, 6.45) is 4.61. The van der Waals surface area contributed by atoms with E-state index in [-0.39, 0.29) is 5.76 Å². The summed E-state index contributed by atoms with van der Waals surface area (Å²) in [7, 11) is 0. The van der Waals surface area contributed by atoms with Crippen molar-refractivity contribution in [2.75, 3.05) is 0 Å². The summed E-state index contributed by atoms with van der Waals surface area (Å²) in [4.78, 5) is 11.6. The first-order valence-electron chi connectivity index (χ1n) is 6.30. The predicted octanol–water partition coefficient (Wildman–Crippen LogP) is 2.43. The Bertz CT molecular complexity index is 745. The van der Waals surface area contributed by atoms with Crippen molar-refractivity contribution in [1.29, 1.82) is 0 Å². The molecule has 0 saturated heterocycles. The number of benzene rings is 1. The molecule has 21 heavy (non-hydrogen) atoms. The molecule has 0 bridgehead atoms. The normalized spacial score (nSPS) is 10.9. The van der Waals surface area contributed by atoms with Crippen LogP contribution in [-0.2, 0) is 0 Å². The average Bonchev–Trinajstić information content (AvgIpc) is 3.20. The van der Waals surface area contributed by atoms with Gasteiger partial charge in [0.05, 0.1) is 24.4 Å². The van der Waals surface area contributed by atoms with Crippen LogP contribution in [0.3, 0.4) is 0 Å². The zero-order valence-corrected chi connectivity index (χ0v) is 11.0. The molecule has 3 rings (SSSR count). The molecule has 1 aromatic carbocycles. The Morgan fingerprint density at radius 2 is 2.10 bits per heavy atom. The first-order valence-corrected chi connectivity index (χ1v) is 6.30. The Morgan fingerprint density at radius 1 is 1.24 bits per heavy atom. The third-order valence-corrected chi connectivity index (χ3v) is 2.85. The van der Waals surface area contributed by atoms with Gasteiger partial charge >= 0.3 is 5.91 Å². The van der Waals surface area contributed by atoms with Crippen molar-refractivity contribution in [1.82, 2.24) is 15.6 Å². The molecular formula is C15H12N4O2. The van der Waals surface area contributed by atoms with Crippen LogP contribution >= 0.6 is 0 Å². The highest BCUT2D eigenvalue weighted by Gasteiger charge is 2.07. The molecular weight excluding hydrogens is 268 g/mol. The molecule has 104 valence electrons. The number of hydrogen-bond acceptors (Lipinski definition) is 4. The molecule has 6 heteroatoms. The molecule has 0 radical (unpaired) electrons. The van der Waals surface area contributed by atoms with Gasteiger partial charge in [0, 0.05) is 11.1 Å². The van der Waals surface area contributed by atoms with Gasteiger partial charge in [-0.25, -0.2) is 5.43 Å². The van der Waals surface area contributed by atoms with Crippen molar-refractivity contribution in [3.63, 3.8) is 0 Å². The highest BCUT2D eigenvalue weighted by Crippen LogP contribution is 2.18. The Balaban J connectivity index is 1.73. The first-order chi connectivity index (χ1) is 10.3. The van der Waals surface area contributed by atoms with Gasteiger partial charge in [0.15, 0.2) is 5.76 Å². The number of carbonyl (C=O) groups excluding carboxylic acids is 1. The molecule has 0 aliphatic rings. The number of hydrazone groups is 1. The van der Waals surface area contributed by atoms with Crippen LogP contribution in [0.4, 0.5) is 0 Å². The van der Waals surface area contributed by atoms with E-state index < -0.39 is 5.91 Å². The zero-order chi connectivity index (χ0) is 14.5. The summed E-state index contributed by atoms with van der Waals surface area (Å²) in [5.74, 6) is -0.191. The van der Waals surface area contributed by atoms with Gasteiger partial charge in [0.1, 0.15) is 0 Å². The maximum Gasteiger partial charge on any atom is 0.307 e. The molecule has 2 heterocycles. The Morgan fingerprint density at radius 3 is 2.86 bits per heavy atom. The topological polar surface area (TPSA) is 83.3 Å². The molecule has 0 saturated carbocycles. The molecule has 0 aliphatic heterocycles. The van der Waals surface area contributed by atoms with Crippen LogP contribution in [0.5, 0.6) is 0 Å². The number of aromatic amines is 1. The number of furan rings is 1. The number of hydrogen-bond donors (Lipinski definition) is 2. The largest absolute Gasteiger partial charge is 0.459 e. The lowest BCUT2D eigenvalue weighted by Crippen LogP contribution is -2.16. The van der Waals surface area contributed by atoms with Crippen LogP contribution in [0.25, 0.3) is 11.3 Å². The van der Waals surface area contributed by atoms with Crippen LogP contribution < -0.4 is 5.43 Å². The smallest absolute Gasteiger partial charge is 0.307 e. The quantitative estimate of drug-likeness (QED) is 0.568. The average molecular weight is 280 g/mol. The molecule has 1 amide bonds. The highest BCUT2D eigenvalue weighted by molar-refractivity contribution is 5.93. The minimum absolute atomic E-state index is 0.211. The molecule has 0 spiro atoms. The van der Waals surface area contributed by atoms with Crippen molar-refractivity contribution in [3.05, 3.63) is 66.2 Å². The monoisotopic (exact) mass is 280 g/mol. The number of nitrogens with zero attached hydrogens (tertiary/aromatic N) is 2. The van der Waals surface area contributed by atoms with E-state index in [9.17, 15) is 4.79 Å². The van der Waals surface area contributed by atoms with Gasteiger partial charge in [-0.2, -0.15) is 10.2 Å². The molecule has 3 aromatic rings. The van der Waals surface area contributed by atoms with E-state index >= 15 is 0 Å². The minimum Gasteiger partial charge on any atom is -0.459 e. The van der Waals surface area contributed by atoms with E-state index in [0.717, 1.165) is 16.8 Å². The number of aromatic nitrogens is 2. The fourth-order valence-electron chi connectivity index (χ4n) is 1.85. The van der Waals surface area contributed by atoms with E-state index in [1.165, 1.54) is 12.5 Å². The number of rotatable bonds is 4. The van der Waals surface area contributed by atoms with Crippen LogP contribution in [0, 0.1) is 0 Å². The van der Waals surface area contributed by atoms with Gasteiger partial charge in [-0.15, -0.1) is 0 Å². The SMILES string of the molecule is O=C(N/N=C/c1cn[nH]c1-c1ccccc1)c1ccco1. The van der Waals surface area contributed by atoms with E-state index in [2.05, 4.69) is 20.7 Å². The van der Waals surface area contributed by atoms with Crippen molar-refractivity contribution in [2.45, 2.75) is 0 Å². The third kappa shape index (κ3) is 2.89. The van der Waals surface area contributed by atoms with E-state index in [1.807, 2.05) is 30.3 Å². The summed E-state index contributed by atoms with van der Waals surface area (Å²) >= 11 is 0. The number of H-pyrrole nitrogens is 1. The lowest BCUT2D eigenvalue weighted by atomic mass is 10.1. The molecule has 6 nitrogen and oxygen atoms in total. The first kappa shape index (κ1) is 12.9. The summed E-state index contributed by atoms with van der Waals surface area (Å²) < 4.78 is 4.97. The van der Waals surface area contributed by atoms with Gasteiger partial charge in [-0.3, -0.25) is 9.89 Å². The van der Waals surface area contributed by atoms with Crippen LogP contribution in [0.1, 0.15) is 16.1 Å². The van der Waals surface area contributed by atoms with Gasteiger partial charge in [-0.05, 0) is 12.1 Å². The fraction of sp³-hybridized carbons (Fsp3) is 0. The van der Waals surface area contributed by atoms with Gasteiger partial charge in [0.2, 0.25) is 0 Å². The molecule has 2 N–H and O–H groups in total. The van der Waals surface area contributed by atoms with E-state index in [0.29, 0.717) is 0 Å². The van der Waals surface area contributed by atoms with Crippen LogP contribution in [0.2, 0.25) is 0 Å². The Hall–Kier alpha value is -3.15. The maximum absolute atomic E-state index is 11.6. The molecule has 0 atom stereocenters. The second-order valence-electron chi connectivity index (χ2n) is 4.24. The maximum atomic E-state index is 11.6. The Labute approximate surface area is 120 Å². The summed E-state index contributed by atoms with van der Waals surface area (Å²) in [6, 6.07) is 13.0. The van der Waals surface area contributed by atoms with Gasteiger partial charge in [0.25, 0.3) is 0 Å². The molecule has 0 unspecified atom stereocenters. The number of carbonyl (C=O) groups is 1. The van der Waals surface area contributed by atoms with Gasteiger partial charge in [-0.1, -0.05) is 30.3 Å². The van der Waals surface area contributed by atoms with Gasteiger partial charge < -0.3 is 4.42 Å². The second-order valence-corrected chi connectivity index (χ2v) is 4.24. The van der Waals surface area contributed by atoms with Crippen molar-refractivity contribution >= 4 is 12.1 Å². The summed E-state index contributed by atoms with van der Waals surface area (Å²) in [6.45, 7) is 0.